The summed E-state index contributed by atoms with van der Waals surface area (Å²) < 4.78 is 2.12. The Labute approximate surface area is 91.9 Å². The Morgan fingerprint density at radius 1 is 1.47 bits per heavy atom. The quantitative estimate of drug-likeness (QED) is 0.801. The zero-order valence-corrected chi connectivity index (χ0v) is 9.69. The van der Waals surface area contributed by atoms with Gasteiger partial charge in [0.1, 0.15) is 0 Å². The standard InChI is InChI=1S/C12H21N3/c1-10(2)8-13-9-11-4-5-12(11)15-7-3-6-14-15/h3,6-7,10-13H,4-5,8-9H2,1-2H3. The Kier molecular flexibility index (Phi) is 3.41. The van der Waals surface area contributed by atoms with Crippen LogP contribution in [0.1, 0.15) is 32.7 Å². The highest BCUT2D eigenvalue weighted by Crippen LogP contribution is 2.37. The second kappa shape index (κ2) is 4.79. The number of nitrogens with zero attached hydrogens (tertiary/aromatic N) is 2. The fraction of sp³-hybridized carbons (Fsp3) is 0.750. The van der Waals surface area contributed by atoms with E-state index in [2.05, 4.69) is 35.1 Å². The number of hydrogen-bond acceptors (Lipinski definition) is 2. The van der Waals surface area contributed by atoms with Crippen LogP contribution in [-0.2, 0) is 0 Å². The van der Waals surface area contributed by atoms with Crippen molar-refractivity contribution in [1.82, 2.24) is 15.1 Å². The minimum absolute atomic E-state index is 0.639. The molecule has 1 fully saturated rings. The molecule has 0 radical (unpaired) electrons. The van der Waals surface area contributed by atoms with Gasteiger partial charge in [0.05, 0.1) is 6.04 Å². The summed E-state index contributed by atoms with van der Waals surface area (Å²) >= 11 is 0. The summed E-state index contributed by atoms with van der Waals surface area (Å²) in [6, 6.07) is 2.65. The van der Waals surface area contributed by atoms with Gasteiger partial charge in [0, 0.05) is 18.9 Å². The Morgan fingerprint density at radius 3 is 2.87 bits per heavy atom. The summed E-state index contributed by atoms with van der Waals surface area (Å²) in [5.41, 5.74) is 0. The highest BCUT2D eigenvalue weighted by molar-refractivity contribution is 4.90. The van der Waals surface area contributed by atoms with Crippen molar-refractivity contribution in [2.24, 2.45) is 11.8 Å². The van der Waals surface area contributed by atoms with Gasteiger partial charge >= 0.3 is 0 Å². The Bertz CT molecular complexity index is 279. The summed E-state index contributed by atoms with van der Waals surface area (Å²) in [7, 11) is 0. The van der Waals surface area contributed by atoms with E-state index in [1.807, 2.05) is 12.3 Å². The first-order valence-corrected chi connectivity index (χ1v) is 5.97. The van der Waals surface area contributed by atoms with Crippen LogP contribution >= 0.6 is 0 Å². The van der Waals surface area contributed by atoms with Gasteiger partial charge in [-0.15, -0.1) is 0 Å². The third-order valence-corrected chi connectivity index (χ3v) is 3.20. The van der Waals surface area contributed by atoms with E-state index in [1.165, 1.54) is 12.8 Å². The molecule has 0 aliphatic heterocycles. The minimum Gasteiger partial charge on any atom is -0.316 e. The van der Waals surface area contributed by atoms with E-state index in [-0.39, 0.29) is 0 Å². The summed E-state index contributed by atoms with van der Waals surface area (Å²) in [6.07, 6.45) is 6.58. The molecule has 0 amide bonds. The molecule has 3 nitrogen and oxygen atoms in total. The molecule has 1 saturated carbocycles. The van der Waals surface area contributed by atoms with E-state index in [9.17, 15) is 0 Å². The van der Waals surface area contributed by atoms with Crippen molar-refractivity contribution in [2.45, 2.75) is 32.7 Å². The summed E-state index contributed by atoms with van der Waals surface area (Å²) in [6.45, 7) is 6.77. The predicted octanol–water partition coefficient (Wildman–Crippen LogP) is 2.08. The van der Waals surface area contributed by atoms with Crippen molar-refractivity contribution in [3.63, 3.8) is 0 Å². The van der Waals surface area contributed by atoms with Gasteiger partial charge in [0.15, 0.2) is 0 Å². The molecule has 2 rings (SSSR count). The maximum atomic E-state index is 4.32. The molecule has 1 aromatic heterocycles. The third kappa shape index (κ3) is 2.59. The van der Waals surface area contributed by atoms with Crippen molar-refractivity contribution < 1.29 is 0 Å². The zero-order valence-electron chi connectivity index (χ0n) is 9.69. The van der Waals surface area contributed by atoms with Crippen molar-refractivity contribution >= 4 is 0 Å². The Hall–Kier alpha value is -0.830. The molecular formula is C12H21N3. The van der Waals surface area contributed by atoms with Crippen LogP contribution in [-0.4, -0.2) is 22.9 Å². The molecule has 2 atom stereocenters. The summed E-state index contributed by atoms with van der Waals surface area (Å²) in [4.78, 5) is 0. The van der Waals surface area contributed by atoms with Crippen molar-refractivity contribution in [3.8, 4) is 0 Å². The van der Waals surface area contributed by atoms with Crippen molar-refractivity contribution in [1.29, 1.82) is 0 Å². The average molecular weight is 207 g/mol. The number of nitrogens with one attached hydrogen (secondary N) is 1. The lowest BCUT2D eigenvalue weighted by molar-refractivity contribution is 0.162. The van der Waals surface area contributed by atoms with E-state index in [1.54, 1.807) is 0 Å². The van der Waals surface area contributed by atoms with Crippen LogP contribution in [0.4, 0.5) is 0 Å². The molecule has 0 bridgehead atoms. The molecule has 1 N–H and O–H groups in total. The fourth-order valence-corrected chi connectivity index (χ4v) is 2.17. The molecule has 0 saturated heterocycles. The fourth-order valence-electron chi connectivity index (χ4n) is 2.17. The van der Waals surface area contributed by atoms with Crippen molar-refractivity contribution in [3.05, 3.63) is 18.5 Å². The van der Waals surface area contributed by atoms with E-state index in [4.69, 9.17) is 0 Å². The molecule has 1 aromatic rings. The van der Waals surface area contributed by atoms with Crippen LogP contribution in [0.25, 0.3) is 0 Å². The van der Waals surface area contributed by atoms with Crippen LogP contribution in [0.2, 0.25) is 0 Å². The second-order valence-corrected chi connectivity index (χ2v) is 4.94. The molecule has 1 aliphatic carbocycles. The lowest BCUT2D eigenvalue weighted by Crippen LogP contribution is -2.38. The van der Waals surface area contributed by atoms with Gasteiger partial charge in [-0.1, -0.05) is 13.8 Å². The highest BCUT2D eigenvalue weighted by Gasteiger charge is 2.31. The van der Waals surface area contributed by atoms with E-state index < -0.39 is 0 Å². The van der Waals surface area contributed by atoms with Crippen molar-refractivity contribution in [2.75, 3.05) is 13.1 Å². The molecule has 3 heteroatoms. The van der Waals surface area contributed by atoms with Gasteiger partial charge in [-0.3, -0.25) is 4.68 Å². The normalized spacial score (nSPS) is 25.5. The number of rotatable bonds is 5. The topological polar surface area (TPSA) is 29.9 Å². The van der Waals surface area contributed by atoms with Gasteiger partial charge in [0.25, 0.3) is 0 Å². The van der Waals surface area contributed by atoms with Crippen LogP contribution in [0, 0.1) is 11.8 Å². The summed E-state index contributed by atoms with van der Waals surface area (Å²) in [5, 5.41) is 7.86. The first-order chi connectivity index (χ1) is 7.27. The molecule has 1 aliphatic rings. The molecular weight excluding hydrogens is 186 g/mol. The van der Waals surface area contributed by atoms with Gasteiger partial charge in [-0.25, -0.2) is 0 Å². The lowest BCUT2D eigenvalue weighted by atomic mass is 9.79. The molecule has 0 spiro atoms. The van der Waals surface area contributed by atoms with Crippen LogP contribution < -0.4 is 5.32 Å². The SMILES string of the molecule is CC(C)CNCC1CCC1n1cccn1. The molecule has 2 unspecified atom stereocenters. The molecule has 0 aromatic carbocycles. The first-order valence-electron chi connectivity index (χ1n) is 5.97. The minimum atomic E-state index is 0.639. The molecule has 84 valence electrons. The zero-order chi connectivity index (χ0) is 10.7. The third-order valence-electron chi connectivity index (χ3n) is 3.20. The van der Waals surface area contributed by atoms with E-state index in [0.29, 0.717) is 6.04 Å². The molecule has 1 heterocycles. The number of hydrogen-bond donors (Lipinski definition) is 1. The maximum absolute atomic E-state index is 4.32. The smallest absolute Gasteiger partial charge is 0.0559 e. The van der Waals surface area contributed by atoms with Crippen LogP contribution in [0.5, 0.6) is 0 Å². The van der Waals surface area contributed by atoms with Crippen LogP contribution in [0.15, 0.2) is 18.5 Å². The first kappa shape index (κ1) is 10.7. The van der Waals surface area contributed by atoms with E-state index >= 15 is 0 Å². The van der Waals surface area contributed by atoms with Gasteiger partial charge in [-0.2, -0.15) is 5.10 Å². The Morgan fingerprint density at radius 2 is 2.33 bits per heavy atom. The Balaban J connectivity index is 1.75. The van der Waals surface area contributed by atoms with E-state index in [0.717, 1.165) is 24.9 Å². The van der Waals surface area contributed by atoms with Gasteiger partial charge in [-0.05, 0) is 37.3 Å². The maximum Gasteiger partial charge on any atom is 0.0559 e. The van der Waals surface area contributed by atoms with Crippen LogP contribution in [0.3, 0.4) is 0 Å². The largest absolute Gasteiger partial charge is 0.316 e. The van der Waals surface area contributed by atoms with Gasteiger partial charge < -0.3 is 5.32 Å². The lowest BCUT2D eigenvalue weighted by Gasteiger charge is -2.37. The highest BCUT2D eigenvalue weighted by atomic mass is 15.3. The average Bonchev–Trinajstić information content (AvgIpc) is 2.63. The number of aromatic nitrogens is 2. The monoisotopic (exact) mass is 207 g/mol. The summed E-state index contributed by atoms with van der Waals surface area (Å²) in [5.74, 6) is 1.52. The van der Waals surface area contributed by atoms with Gasteiger partial charge in [0.2, 0.25) is 0 Å². The molecule has 15 heavy (non-hydrogen) atoms. The predicted molar refractivity (Wildman–Crippen MR) is 61.7 cm³/mol. The second-order valence-electron chi connectivity index (χ2n) is 4.94.